The van der Waals surface area contributed by atoms with E-state index in [9.17, 15) is 9.59 Å². The van der Waals surface area contributed by atoms with E-state index >= 15 is 0 Å². The summed E-state index contributed by atoms with van der Waals surface area (Å²) >= 11 is 1.26. The van der Waals surface area contributed by atoms with E-state index in [4.69, 9.17) is 0 Å². The molecular formula is C17H15N3O2S. The largest absolute Gasteiger partial charge is 0.293 e. The molecule has 23 heavy (non-hydrogen) atoms. The maximum Gasteiger partial charge on any atom is 0.256 e. The molecule has 0 aromatic carbocycles. The minimum absolute atomic E-state index is 0.0408. The second-order valence-corrected chi connectivity index (χ2v) is 6.08. The van der Waals surface area contributed by atoms with Gasteiger partial charge in [-0.15, -0.1) is 0 Å². The van der Waals surface area contributed by atoms with Crippen molar-refractivity contribution in [1.82, 2.24) is 14.5 Å². The highest BCUT2D eigenvalue weighted by Gasteiger charge is 2.16. The van der Waals surface area contributed by atoms with Gasteiger partial charge in [0, 0.05) is 31.1 Å². The molecule has 0 atom stereocenters. The zero-order valence-corrected chi connectivity index (χ0v) is 13.4. The van der Waals surface area contributed by atoms with Gasteiger partial charge < -0.3 is 0 Å². The molecule has 116 valence electrons. The lowest BCUT2D eigenvalue weighted by Gasteiger charge is -2.00. The van der Waals surface area contributed by atoms with Crippen molar-refractivity contribution in [2.45, 2.75) is 19.8 Å². The average molecular weight is 325 g/mol. The van der Waals surface area contributed by atoms with E-state index in [1.165, 1.54) is 22.0 Å². The van der Waals surface area contributed by atoms with E-state index in [-0.39, 0.29) is 11.3 Å². The first-order chi connectivity index (χ1) is 11.1. The number of nitrogens with zero attached hydrogens (tertiary/aromatic N) is 3. The fraction of sp³-hybridized carbons (Fsp3) is 0.176. The molecule has 3 rings (SSSR count). The van der Waals surface area contributed by atoms with Gasteiger partial charge in [0.05, 0.1) is 10.6 Å². The number of hydrogen-bond donors (Lipinski definition) is 0. The quantitative estimate of drug-likeness (QED) is 0.677. The van der Waals surface area contributed by atoms with Crippen LogP contribution in [0.15, 0.2) is 53.7 Å². The summed E-state index contributed by atoms with van der Waals surface area (Å²) < 4.78 is 1.45. The molecular weight excluding hydrogens is 310 g/mol. The van der Waals surface area contributed by atoms with Crippen LogP contribution >= 0.6 is 11.3 Å². The third kappa shape index (κ3) is 3.43. The minimum atomic E-state index is -0.157. The molecule has 0 amide bonds. The molecule has 0 N–H and O–H groups in total. The van der Waals surface area contributed by atoms with E-state index in [1.807, 2.05) is 12.1 Å². The van der Waals surface area contributed by atoms with Crippen LogP contribution in [0, 0.1) is 6.92 Å². The molecule has 0 aliphatic heterocycles. The van der Waals surface area contributed by atoms with Crippen molar-refractivity contribution >= 4 is 17.1 Å². The van der Waals surface area contributed by atoms with Gasteiger partial charge in [0.2, 0.25) is 0 Å². The second kappa shape index (κ2) is 6.66. The van der Waals surface area contributed by atoms with Crippen LogP contribution in [0.2, 0.25) is 0 Å². The Morgan fingerprint density at radius 1 is 1.26 bits per heavy atom. The normalized spacial score (nSPS) is 10.7. The zero-order valence-electron chi connectivity index (χ0n) is 12.6. The highest BCUT2D eigenvalue weighted by atomic mass is 32.1. The molecule has 0 spiro atoms. The summed E-state index contributed by atoms with van der Waals surface area (Å²) in [4.78, 5) is 33.3. The van der Waals surface area contributed by atoms with Crippen LogP contribution in [-0.4, -0.2) is 20.3 Å². The summed E-state index contributed by atoms with van der Waals surface area (Å²) in [7, 11) is 0. The van der Waals surface area contributed by atoms with E-state index < -0.39 is 0 Å². The molecule has 5 nitrogen and oxygen atoms in total. The van der Waals surface area contributed by atoms with Crippen molar-refractivity contribution < 1.29 is 4.79 Å². The van der Waals surface area contributed by atoms with Gasteiger partial charge in [-0.25, -0.2) is 4.98 Å². The Morgan fingerprint density at radius 2 is 2.13 bits per heavy atom. The number of pyridine rings is 2. The van der Waals surface area contributed by atoms with Crippen LogP contribution in [0.4, 0.5) is 0 Å². The Labute approximate surface area is 137 Å². The Morgan fingerprint density at radius 3 is 2.87 bits per heavy atom. The number of Topliss-reactive ketones (excluding diaryl/α,β-unsaturated/α-hetero) is 1. The van der Waals surface area contributed by atoms with E-state index in [0.29, 0.717) is 28.5 Å². The Balaban J connectivity index is 1.80. The number of aromatic nitrogens is 3. The molecule has 0 aliphatic carbocycles. The number of hydrogen-bond acceptors (Lipinski definition) is 5. The van der Waals surface area contributed by atoms with Gasteiger partial charge >= 0.3 is 0 Å². The molecule has 0 saturated carbocycles. The van der Waals surface area contributed by atoms with Crippen molar-refractivity contribution in [3.8, 4) is 5.13 Å². The molecule has 3 aromatic heterocycles. The molecule has 3 heterocycles. The summed E-state index contributed by atoms with van der Waals surface area (Å²) in [5.41, 5.74) is 1.54. The van der Waals surface area contributed by atoms with Gasteiger partial charge in [0.15, 0.2) is 10.9 Å². The van der Waals surface area contributed by atoms with Crippen LogP contribution in [0.3, 0.4) is 0 Å². The monoisotopic (exact) mass is 325 g/mol. The minimum Gasteiger partial charge on any atom is -0.293 e. The molecule has 6 heteroatoms. The van der Waals surface area contributed by atoms with Crippen molar-refractivity contribution in [1.29, 1.82) is 0 Å². The molecule has 0 saturated heterocycles. The number of ketones is 1. The third-order valence-electron chi connectivity index (χ3n) is 3.43. The smallest absolute Gasteiger partial charge is 0.256 e. The van der Waals surface area contributed by atoms with Crippen molar-refractivity contribution in [2.75, 3.05) is 0 Å². The lowest BCUT2D eigenvalue weighted by molar-refractivity contribution is 0.0986. The van der Waals surface area contributed by atoms with Gasteiger partial charge in [0.25, 0.3) is 5.56 Å². The standard InChI is InChI=1S/C17H15N3O2S/c1-12-16(14(21)8-7-13-5-4-9-18-11-13)23-17(19-12)20-10-3-2-6-15(20)22/h2-6,9-11H,7-8H2,1H3. The first kappa shape index (κ1) is 15.3. The van der Waals surface area contributed by atoms with Gasteiger partial charge in [-0.05, 0) is 31.0 Å². The highest BCUT2D eigenvalue weighted by molar-refractivity contribution is 7.16. The molecule has 0 radical (unpaired) electrons. The number of rotatable bonds is 5. The fourth-order valence-corrected chi connectivity index (χ4v) is 3.27. The molecule has 3 aromatic rings. The zero-order chi connectivity index (χ0) is 16.2. The Hall–Kier alpha value is -2.60. The van der Waals surface area contributed by atoms with Crippen molar-refractivity contribution in [2.24, 2.45) is 0 Å². The molecule has 0 fully saturated rings. The maximum atomic E-state index is 12.4. The lowest BCUT2D eigenvalue weighted by atomic mass is 10.1. The molecule has 0 unspecified atom stereocenters. The first-order valence-electron chi connectivity index (χ1n) is 7.23. The predicted octanol–water partition coefficient (Wildman–Crippen LogP) is 2.81. The van der Waals surface area contributed by atoms with Crippen LogP contribution < -0.4 is 5.56 Å². The number of aryl methyl sites for hydroxylation is 2. The summed E-state index contributed by atoms with van der Waals surface area (Å²) in [5.74, 6) is 0.0408. The SMILES string of the molecule is Cc1nc(-n2ccccc2=O)sc1C(=O)CCc1cccnc1. The van der Waals surface area contributed by atoms with Gasteiger partial charge in [-0.1, -0.05) is 23.5 Å². The van der Waals surface area contributed by atoms with Crippen LogP contribution in [0.5, 0.6) is 0 Å². The molecule has 0 aliphatic rings. The van der Waals surface area contributed by atoms with E-state index in [2.05, 4.69) is 9.97 Å². The predicted molar refractivity (Wildman–Crippen MR) is 89.3 cm³/mol. The van der Waals surface area contributed by atoms with Crippen LogP contribution in [0.25, 0.3) is 5.13 Å². The Kier molecular flexibility index (Phi) is 4.43. The van der Waals surface area contributed by atoms with Crippen molar-refractivity contribution in [3.63, 3.8) is 0 Å². The number of carbonyl (C=O) groups is 1. The lowest BCUT2D eigenvalue weighted by Crippen LogP contribution is -2.15. The topological polar surface area (TPSA) is 64.8 Å². The third-order valence-corrected chi connectivity index (χ3v) is 4.63. The van der Waals surface area contributed by atoms with Crippen LogP contribution in [-0.2, 0) is 6.42 Å². The summed E-state index contributed by atoms with van der Waals surface area (Å²) in [5, 5.41) is 0.526. The van der Waals surface area contributed by atoms with E-state index in [1.54, 1.807) is 37.6 Å². The van der Waals surface area contributed by atoms with E-state index in [0.717, 1.165) is 5.56 Å². The number of carbonyl (C=O) groups excluding carboxylic acids is 1. The Bertz CT molecular complexity index is 884. The number of thiazole rings is 1. The second-order valence-electron chi connectivity index (χ2n) is 5.10. The molecule has 0 bridgehead atoms. The maximum absolute atomic E-state index is 12.4. The van der Waals surface area contributed by atoms with Gasteiger partial charge in [0.1, 0.15) is 0 Å². The van der Waals surface area contributed by atoms with Crippen LogP contribution in [0.1, 0.15) is 27.3 Å². The average Bonchev–Trinajstić information content (AvgIpc) is 2.96. The fourth-order valence-electron chi connectivity index (χ4n) is 2.25. The van der Waals surface area contributed by atoms with Crippen molar-refractivity contribution in [3.05, 3.63) is 75.4 Å². The summed E-state index contributed by atoms with van der Waals surface area (Å²) in [6.45, 7) is 1.80. The summed E-state index contributed by atoms with van der Waals surface area (Å²) in [6, 6.07) is 8.73. The van der Waals surface area contributed by atoms with Gasteiger partial charge in [-0.3, -0.25) is 19.1 Å². The first-order valence-corrected chi connectivity index (χ1v) is 8.04. The summed E-state index contributed by atoms with van der Waals surface area (Å²) in [6.07, 6.45) is 6.18. The highest BCUT2D eigenvalue weighted by Crippen LogP contribution is 2.22. The van der Waals surface area contributed by atoms with Gasteiger partial charge in [-0.2, -0.15) is 0 Å².